The van der Waals surface area contributed by atoms with E-state index in [0.717, 1.165) is 30.4 Å². The Balaban J connectivity index is 1.89. The van der Waals surface area contributed by atoms with Crippen molar-refractivity contribution in [3.05, 3.63) is 69.6 Å². The molecule has 1 aliphatic rings. The molecule has 1 amide bonds. The number of rotatable bonds is 6. The largest absolute Gasteiger partial charge is 0.395 e. The van der Waals surface area contributed by atoms with Crippen LogP contribution in [0.2, 0.25) is 0 Å². The Kier molecular flexibility index (Phi) is 6.11. The summed E-state index contributed by atoms with van der Waals surface area (Å²) in [5, 5.41) is 9.45. The van der Waals surface area contributed by atoms with Crippen LogP contribution in [-0.4, -0.2) is 39.7 Å². The van der Waals surface area contributed by atoms with Gasteiger partial charge in [-0.15, -0.1) is 0 Å². The number of carbonyl (C=O) groups excluding carboxylic acids is 1. The van der Waals surface area contributed by atoms with Crippen molar-refractivity contribution in [3.63, 3.8) is 0 Å². The topological polar surface area (TPSA) is 62.5 Å². The zero-order valence-electron chi connectivity index (χ0n) is 16.1. The lowest BCUT2D eigenvalue weighted by Gasteiger charge is -2.31. The first-order valence-corrected chi connectivity index (χ1v) is 9.68. The summed E-state index contributed by atoms with van der Waals surface area (Å²) in [6.07, 6.45) is 4.80. The van der Waals surface area contributed by atoms with Crippen LogP contribution in [0.3, 0.4) is 0 Å². The molecule has 0 unspecified atom stereocenters. The molecule has 1 N–H and O–H groups in total. The first kappa shape index (κ1) is 19.4. The Morgan fingerprint density at radius 3 is 2.74 bits per heavy atom. The lowest BCUT2D eigenvalue weighted by atomic mass is 10.0. The fraction of sp³-hybridized carbons (Fsp3) is 0.455. The molecule has 0 bridgehead atoms. The molecule has 5 heteroatoms. The van der Waals surface area contributed by atoms with Gasteiger partial charge in [-0.25, -0.2) is 0 Å². The van der Waals surface area contributed by atoms with Crippen LogP contribution in [0.5, 0.6) is 0 Å². The van der Waals surface area contributed by atoms with Crippen molar-refractivity contribution in [2.24, 2.45) is 5.92 Å². The van der Waals surface area contributed by atoms with Gasteiger partial charge in [0.15, 0.2) is 0 Å². The Hall–Kier alpha value is -2.40. The molecule has 0 radical (unpaired) electrons. The maximum absolute atomic E-state index is 13.1. The summed E-state index contributed by atoms with van der Waals surface area (Å²) in [4.78, 5) is 27.8. The number of benzene rings is 1. The average Bonchev–Trinajstić information content (AvgIpc) is 3.07. The highest BCUT2D eigenvalue weighted by molar-refractivity contribution is 5.94. The van der Waals surface area contributed by atoms with Crippen LogP contribution in [0.25, 0.3) is 0 Å². The second-order valence-electron chi connectivity index (χ2n) is 7.54. The smallest absolute Gasteiger partial charge is 0.263 e. The van der Waals surface area contributed by atoms with Gasteiger partial charge in [0.2, 0.25) is 0 Å². The number of pyridine rings is 1. The molecule has 2 aromatic rings. The van der Waals surface area contributed by atoms with Crippen LogP contribution in [0.15, 0.2) is 47.4 Å². The number of carbonyl (C=O) groups is 1. The Bertz CT molecular complexity index is 859. The van der Waals surface area contributed by atoms with Gasteiger partial charge in [0.25, 0.3) is 11.5 Å². The molecular weight excluding hydrogens is 340 g/mol. The van der Waals surface area contributed by atoms with Gasteiger partial charge in [-0.05, 0) is 43.4 Å². The zero-order valence-corrected chi connectivity index (χ0v) is 16.1. The molecule has 144 valence electrons. The van der Waals surface area contributed by atoms with Crippen LogP contribution in [0, 0.1) is 12.8 Å². The van der Waals surface area contributed by atoms with Crippen molar-refractivity contribution in [1.82, 2.24) is 9.47 Å². The van der Waals surface area contributed by atoms with E-state index in [4.69, 9.17) is 0 Å². The van der Waals surface area contributed by atoms with E-state index in [0.29, 0.717) is 12.5 Å². The van der Waals surface area contributed by atoms with Crippen LogP contribution in [-0.2, 0) is 6.54 Å². The zero-order chi connectivity index (χ0) is 19.4. The summed E-state index contributed by atoms with van der Waals surface area (Å²) < 4.78 is 1.58. The van der Waals surface area contributed by atoms with Crippen molar-refractivity contribution in [3.8, 4) is 0 Å². The van der Waals surface area contributed by atoms with E-state index in [9.17, 15) is 14.7 Å². The van der Waals surface area contributed by atoms with Crippen LogP contribution < -0.4 is 5.56 Å². The number of aryl methyl sites for hydroxylation is 1. The van der Waals surface area contributed by atoms with Gasteiger partial charge in [-0.1, -0.05) is 43.2 Å². The maximum Gasteiger partial charge on any atom is 0.263 e. The Morgan fingerprint density at radius 2 is 2.07 bits per heavy atom. The molecule has 1 aromatic carbocycles. The Morgan fingerprint density at radius 1 is 1.26 bits per heavy atom. The van der Waals surface area contributed by atoms with E-state index in [1.54, 1.807) is 27.8 Å². The number of amides is 1. The van der Waals surface area contributed by atoms with Crippen LogP contribution >= 0.6 is 0 Å². The lowest BCUT2D eigenvalue weighted by Crippen LogP contribution is -2.45. The van der Waals surface area contributed by atoms with Gasteiger partial charge < -0.3 is 14.6 Å². The SMILES string of the molecule is Cc1cccc(Cn2cccc(C(=O)N(CCO)[C@@H]3CCC[C@@H]3C)c2=O)c1. The number of hydrogen-bond acceptors (Lipinski definition) is 3. The summed E-state index contributed by atoms with van der Waals surface area (Å²) in [7, 11) is 0. The van der Waals surface area contributed by atoms with Gasteiger partial charge in [-0.2, -0.15) is 0 Å². The third kappa shape index (κ3) is 4.30. The minimum absolute atomic E-state index is 0.0921. The highest BCUT2D eigenvalue weighted by Gasteiger charge is 2.33. The molecule has 0 aliphatic heterocycles. The molecule has 1 aromatic heterocycles. The molecule has 27 heavy (non-hydrogen) atoms. The van der Waals surface area contributed by atoms with Crippen molar-refractivity contribution in [2.75, 3.05) is 13.2 Å². The number of aliphatic hydroxyl groups excluding tert-OH is 1. The van der Waals surface area contributed by atoms with E-state index in [1.807, 2.05) is 31.2 Å². The lowest BCUT2D eigenvalue weighted by molar-refractivity contribution is 0.0592. The van der Waals surface area contributed by atoms with Gasteiger partial charge in [0.05, 0.1) is 13.2 Å². The van der Waals surface area contributed by atoms with E-state index < -0.39 is 0 Å². The minimum Gasteiger partial charge on any atom is -0.395 e. The summed E-state index contributed by atoms with van der Waals surface area (Å²) in [5.74, 6) is 0.116. The van der Waals surface area contributed by atoms with Crippen molar-refractivity contribution in [1.29, 1.82) is 0 Å². The minimum atomic E-state index is -0.280. The Labute approximate surface area is 160 Å². The van der Waals surface area contributed by atoms with E-state index in [1.165, 1.54) is 0 Å². The van der Waals surface area contributed by atoms with Gasteiger partial charge in [0, 0.05) is 18.8 Å². The standard InChI is InChI=1S/C22H28N2O3/c1-16-6-3-8-18(14-16)15-23-11-5-9-19(21(23)26)22(27)24(12-13-25)20-10-4-7-17(20)2/h3,5-6,8-9,11,14,17,20,25H,4,7,10,12-13,15H2,1-2H3/t17-,20+/m0/s1. The van der Waals surface area contributed by atoms with E-state index in [2.05, 4.69) is 6.92 Å². The van der Waals surface area contributed by atoms with Crippen LogP contribution in [0.1, 0.15) is 47.7 Å². The maximum atomic E-state index is 13.1. The average molecular weight is 368 g/mol. The number of aromatic nitrogens is 1. The number of nitrogens with zero attached hydrogens (tertiary/aromatic N) is 2. The fourth-order valence-electron chi connectivity index (χ4n) is 4.10. The molecule has 1 aliphatic carbocycles. The second-order valence-corrected chi connectivity index (χ2v) is 7.54. The van der Waals surface area contributed by atoms with Crippen molar-refractivity contribution in [2.45, 2.75) is 45.7 Å². The van der Waals surface area contributed by atoms with Gasteiger partial charge >= 0.3 is 0 Å². The molecule has 1 saturated carbocycles. The molecule has 2 atom stereocenters. The molecule has 1 fully saturated rings. The predicted molar refractivity (Wildman–Crippen MR) is 106 cm³/mol. The van der Waals surface area contributed by atoms with Crippen molar-refractivity contribution >= 4 is 5.91 Å². The molecular formula is C22H28N2O3. The monoisotopic (exact) mass is 368 g/mol. The summed E-state index contributed by atoms with van der Waals surface area (Å²) in [6.45, 7) is 4.75. The highest BCUT2D eigenvalue weighted by atomic mass is 16.3. The first-order valence-electron chi connectivity index (χ1n) is 9.68. The third-order valence-corrected chi connectivity index (χ3v) is 5.50. The molecule has 0 spiro atoms. The molecule has 5 nitrogen and oxygen atoms in total. The van der Waals surface area contributed by atoms with E-state index >= 15 is 0 Å². The molecule has 1 heterocycles. The van der Waals surface area contributed by atoms with E-state index in [-0.39, 0.29) is 36.2 Å². The van der Waals surface area contributed by atoms with Crippen molar-refractivity contribution < 1.29 is 9.90 Å². The third-order valence-electron chi connectivity index (χ3n) is 5.50. The summed E-state index contributed by atoms with van der Waals surface area (Å²) in [6, 6.07) is 11.4. The summed E-state index contributed by atoms with van der Waals surface area (Å²) >= 11 is 0. The highest BCUT2D eigenvalue weighted by Crippen LogP contribution is 2.30. The number of aliphatic hydroxyl groups is 1. The quantitative estimate of drug-likeness (QED) is 0.853. The summed E-state index contributed by atoms with van der Waals surface area (Å²) in [5.41, 5.74) is 2.06. The van der Waals surface area contributed by atoms with Gasteiger partial charge in [-0.3, -0.25) is 9.59 Å². The fourth-order valence-corrected chi connectivity index (χ4v) is 4.10. The van der Waals surface area contributed by atoms with Gasteiger partial charge in [0.1, 0.15) is 5.56 Å². The second kappa shape index (κ2) is 8.53. The first-order chi connectivity index (χ1) is 13.0. The predicted octanol–water partition coefficient (Wildman–Crippen LogP) is 2.83. The normalized spacial score (nSPS) is 19.2. The molecule has 3 rings (SSSR count). The van der Waals surface area contributed by atoms with Crippen LogP contribution in [0.4, 0.5) is 0 Å². The molecule has 0 saturated heterocycles. The number of hydrogen-bond donors (Lipinski definition) is 1.